The van der Waals surface area contributed by atoms with Crippen LogP contribution in [0.25, 0.3) is 6.08 Å². The van der Waals surface area contributed by atoms with Crippen molar-refractivity contribution in [2.75, 3.05) is 12.4 Å². The Labute approximate surface area is 136 Å². The third-order valence-corrected chi connectivity index (χ3v) is 3.98. The summed E-state index contributed by atoms with van der Waals surface area (Å²) in [4.78, 5) is 13.4. The summed E-state index contributed by atoms with van der Waals surface area (Å²) in [5, 5.41) is 0. The fraction of sp³-hybridized carbons (Fsp3) is 0.211. The predicted molar refractivity (Wildman–Crippen MR) is 93.8 cm³/mol. The normalized spacial score (nSPS) is 10.8. The van der Waals surface area contributed by atoms with Crippen molar-refractivity contribution in [3.63, 3.8) is 0 Å². The van der Waals surface area contributed by atoms with E-state index in [1.165, 1.54) is 4.90 Å². The maximum absolute atomic E-state index is 12.2. The molecule has 114 valence electrons. The quantitative estimate of drug-likeness (QED) is 0.404. The van der Waals surface area contributed by atoms with Crippen LogP contribution in [0.15, 0.2) is 59.5 Å². The molecular weight excluding hydrogens is 292 g/mol. The summed E-state index contributed by atoms with van der Waals surface area (Å²) in [5.74, 6) is 1.82. The van der Waals surface area contributed by atoms with Gasteiger partial charge in [0.1, 0.15) is 5.75 Å². The van der Waals surface area contributed by atoms with E-state index in [-0.39, 0.29) is 5.78 Å². The zero-order chi connectivity index (χ0) is 15.8. The van der Waals surface area contributed by atoms with Gasteiger partial charge in [-0.15, -0.1) is 11.8 Å². The van der Waals surface area contributed by atoms with Crippen molar-refractivity contribution in [2.45, 2.75) is 18.7 Å². The number of para-hydroxylation sites is 1. The topological polar surface area (TPSA) is 26.3 Å². The van der Waals surface area contributed by atoms with Gasteiger partial charge in [-0.1, -0.05) is 25.1 Å². The molecule has 0 aromatic heterocycles. The minimum Gasteiger partial charge on any atom is -0.493 e. The van der Waals surface area contributed by atoms with Gasteiger partial charge in [-0.05, 0) is 55.2 Å². The van der Waals surface area contributed by atoms with Gasteiger partial charge >= 0.3 is 0 Å². The summed E-state index contributed by atoms with van der Waals surface area (Å²) in [7, 11) is 0. The summed E-state index contributed by atoms with van der Waals surface area (Å²) < 4.78 is 5.55. The lowest BCUT2D eigenvalue weighted by Gasteiger charge is -2.06. The van der Waals surface area contributed by atoms with Gasteiger partial charge in [-0.2, -0.15) is 0 Å². The maximum Gasteiger partial charge on any atom is 0.185 e. The Morgan fingerprint density at radius 2 is 1.82 bits per heavy atom. The molecule has 0 fully saturated rings. The number of carbonyl (C=O) groups is 1. The van der Waals surface area contributed by atoms with Crippen LogP contribution in [0.5, 0.6) is 5.75 Å². The second-order valence-corrected chi connectivity index (χ2v) is 5.96. The van der Waals surface area contributed by atoms with Gasteiger partial charge in [0.05, 0.1) is 6.61 Å². The molecule has 0 amide bonds. The molecule has 0 atom stereocenters. The second-order valence-electron chi connectivity index (χ2n) is 4.63. The molecule has 2 aromatic carbocycles. The fourth-order valence-corrected chi connectivity index (χ4v) is 2.71. The molecule has 2 nitrogen and oxygen atoms in total. The molecule has 0 heterocycles. The highest BCUT2D eigenvalue weighted by Crippen LogP contribution is 2.21. The molecule has 2 aromatic rings. The zero-order valence-electron chi connectivity index (χ0n) is 12.9. The van der Waals surface area contributed by atoms with Crippen LogP contribution in [0, 0.1) is 0 Å². The first-order valence-corrected chi connectivity index (χ1v) is 8.40. The summed E-state index contributed by atoms with van der Waals surface area (Å²) >= 11 is 1.77. The first-order chi connectivity index (χ1) is 10.7. The van der Waals surface area contributed by atoms with E-state index in [0.29, 0.717) is 12.2 Å². The van der Waals surface area contributed by atoms with Gasteiger partial charge in [0.2, 0.25) is 0 Å². The van der Waals surface area contributed by atoms with Crippen LogP contribution in [-0.4, -0.2) is 18.1 Å². The van der Waals surface area contributed by atoms with Crippen molar-refractivity contribution in [2.24, 2.45) is 0 Å². The van der Waals surface area contributed by atoms with Gasteiger partial charge in [-0.25, -0.2) is 0 Å². The van der Waals surface area contributed by atoms with Crippen LogP contribution < -0.4 is 4.74 Å². The van der Waals surface area contributed by atoms with E-state index in [2.05, 4.69) is 6.92 Å². The minimum atomic E-state index is -0.000602. The number of carbonyl (C=O) groups excluding carboxylic acids is 1. The molecule has 22 heavy (non-hydrogen) atoms. The highest BCUT2D eigenvalue weighted by atomic mass is 32.2. The third-order valence-electron chi connectivity index (χ3n) is 3.08. The number of hydrogen-bond acceptors (Lipinski definition) is 3. The summed E-state index contributed by atoms with van der Waals surface area (Å²) in [6, 6.07) is 15.4. The van der Waals surface area contributed by atoms with Crippen LogP contribution in [-0.2, 0) is 0 Å². The predicted octanol–water partition coefficient (Wildman–Crippen LogP) is 5.09. The molecule has 0 aliphatic heterocycles. The average molecular weight is 312 g/mol. The Hall–Kier alpha value is -2.00. The van der Waals surface area contributed by atoms with E-state index >= 15 is 0 Å². The Morgan fingerprint density at radius 3 is 2.50 bits per heavy atom. The largest absolute Gasteiger partial charge is 0.493 e. The van der Waals surface area contributed by atoms with Gasteiger partial charge in [0.25, 0.3) is 0 Å². The lowest BCUT2D eigenvalue weighted by Crippen LogP contribution is -1.95. The molecule has 0 aliphatic rings. The number of ether oxygens (including phenoxy) is 1. The maximum atomic E-state index is 12.2. The number of rotatable bonds is 7. The molecule has 0 spiro atoms. The lowest BCUT2D eigenvalue weighted by atomic mass is 10.1. The highest BCUT2D eigenvalue weighted by Gasteiger charge is 2.03. The molecule has 0 bridgehead atoms. The number of thioether (sulfide) groups is 1. The van der Waals surface area contributed by atoms with Crippen molar-refractivity contribution >= 4 is 23.6 Å². The van der Waals surface area contributed by atoms with Crippen molar-refractivity contribution in [3.05, 3.63) is 65.7 Å². The van der Waals surface area contributed by atoms with Crippen LogP contribution >= 0.6 is 11.8 Å². The molecule has 0 radical (unpaired) electrons. The summed E-state index contributed by atoms with van der Waals surface area (Å²) in [5.41, 5.74) is 1.61. The first kappa shape index (κ1) is 16.4. The Morgan fingerprint density at radius 1 is 1.09 bits per heavy atom. The molecule has 0 N–H and O–H groups in total. The molecule has 0 unspecified atom stereocenters. The van der Waals surface area contributed by atoms with E-state index in [4.69, 9.17) is 4.74 Å². The van der Waals surface area contributed by atoms with Gasteiger partial charge in [-0.3, -0.25) is 4.79 Å². The summed E-state index contributed by atoms with van der Waals surface area (Å²) in [6.45, 7) is 4.67. The van der Waals surface area contributed by atoms with Crippen LogP contribution in [0.1, 0.15) is 29.8 Å². The monoisotopic (exact) mass is 312 g/mol. The lowest BCUT2D eigenvalue weighted by molar-refractivity contribution is 0.104. The van der Waals surface area contributed by atoms with Gasteiger partial charge in [0, 0.05) is 16.0 Å². The Bertz CT molecular complexity index is 645. The smallest absolute Gasteiger partial charge is 0.185 e. The molecule has 0 saturated heterocycles. The molecule has 3 heteroatoms. The zero-order valence-corrected chi connectivity index (χ0v) is 13.7. The van der Waals surface area contributed by atoms with Crippen molar-refractivity contribution in [1.29, 1.82) is 0 Å². The number of ketones is 1. The Kier molecular flexibility index (Phi) is 6.28. The van der Waals surface area contributed by atoms with Gasteiger partial charge in [0.15, 0.2) is 5.78 Å². The summed E-state index contributed by atoms with van der Waals surface area (Å²) in [6.07, 6.45) is 3.40. The van der Waals surface area contributed by atoms with Gasteiger partial charge < -0.3 is 4.74 Å². The SMILES string of the molecule is CCOc1ccccc1/C=C/C(=O)c1ccc(SCC)cc1. The minimum absolute atomic E-state index is 0.000602. The van der Waals surface area contributed by atoms with Crippen molar-refractivity contribution in [3.8, 4) is 5.75 Å². The third kappa shape index (κ3) is 4.50. The van der Waals surface area contributed by atoms with Crippen LogP contribution in [0.4, 0.5) is 0 Å². The highest BCUT2D eigenvalue weighted by molar-refractivity contribution is 7.99. The average Bonchev–Trinajstić information content (AvgIpc) is 2.55. The van der Waals surface area contributed by atoms with E-state index in [1.807, 2.05) is 61.5 Å². The van der Waals surface area contributed by atoms with Crippen LogP contribution in [0.3, 0.4) is 0 Å². The molecule has 2 rings (SSSR count). The Balaban J connectivity index is 2.11. The van der Waals surface area contributed by atoms with Crippen LogP contribution in [0.2, 0.25) is 0 Å². The van der Waals surface area contributed by atoms with E-state index < -0.39 is 0 Å². The molecule has 0 saturated carbocycles. The van der Waals surface area contributed by atoms with E-state index in [9.17, 15) is 4.79 Å². The van der Waals surface area contributed by atoms with Crippen molar-refractivity contribution in [1.82, 2.24) is 0 Å². The van der Waals surface area contributed by atoms with E-state index in [1.54, 1.807) is 17.8 Å². The first-order valence-electron chi connectivity index (χ1n) is 7.41. The molecule has 0 aliphatic carbocycles. The number of hydrogen-bond donors (Lipinski definition) is 0. The number of allylic oxidation sites excluding steroid dienone is 1. The molecular formula is C19H20O2S. The number of benzene rings is 2. The second kappa shape index (κ2) is 8.44. The van der Waals surface area contributed by atoms with E-state index in [0.717, 1.165) is 17.1 Å². The van der Waals surface area contributed by atoms with Crippen molar-refractivity contribution < 1.29 is 9.53 Å². The standard InChI is InChI=1S/C19H20O2S/c1-3-21-19-8-6-5-7-16(19)11-14-18(20)15-9-12-17(13-10-15)22-4-2/h5-14H,3-4H2,1-2H3/b14-11+. The fourth-order valence-electron chi connectivity index (χ4n) is 2.05.